The Balaban J connectivity index is 2.50. The van der Waals surface area contributed by atoms with Gasteiger partial charge in [-0.1, -0.05) is 6.42 Å². The minimum atomic E-state index is -0.130. The number of rotatable bonds is 2. The second-order valence-electron chi connectivity index (χ2n) is 3.73. The lowest BCUT2D eigenvalue weighted by Gasteiger charge is -2.40. The number of hydrogen-bond donors (Lipinski definition) is 2. The van der Waals surface area contributed by atoms with Gasteiger partial charge in [0.2, 0.25) is 0 Å². The van der Waals surface area contributed by atoms with Gasteiger partial charge in [0.15, 0.2) is 0 Å². The van der Waals surface area contributed by atoms with Crippen molar-refractivity contribution in [3.05, 3.63) is 26.8 Å². The maximum absolute atomic E-state index is 11.4. The largest absolute Gasteiger partial charge is 0.330 e. The van der Waals surface area contributed by atoms with E-state index in [1.54, 1.807) is 0 Å². The standard InChI is InChI=1S/C9H12BrN3O/c10-6-7(12-5-13-8(6)14)9(4-11)2-1-3-9/h5H,1-4,11H2,(H,12,13,14). The fraction of sp³-hybridized carbons (Fsp3) is 0.556. The number of aromatic nitrogens is 2. The molecule has 2 rings (SSSR count). The number of nitrogens with two attached hydrogens (primary N) is 1. The van der Waals surface area contributed by atoms with Gasteiger partial charge in [-0.2, -0.15) is 0 Å². The molecule has 0 saturated heterocycles. The zero-order valence-electron chi connectivity index (χ0n) is 7.72. The molecule has 0 aromatic carbocycles. The minimum absolute atomic E-state index is 0.0624. The van der Waals surface area contributed by atoms with Crippen molar-refractivity contribution in [2.75, 3.05) is 6.54 Å². The first-order valence-corrected chi connectivity index (χ1v) is 5.43. The van der Waals surface area contributed by atoms with Gasteiger partial charge in [0.25, 0.3) is 5.56 Å². The van der Waals surface area contributed by atoms with Crippen molar-refractivity contribution in [3.8, 4) is 0 Å². The van der Waals surface area contributed by atoms with E-state index in [0.29, 0.717) is 11.0 Å². The molecule has 0 unspecified atom stereocenters. The van der Waals surface area contributed by atoms with Gasteiger partial charge in [-0.15, -0.1) is 0 Å². The highest BCUT2D eigenvalue weighted by molar-refractivity contribution is 9.10. The zero-order valence-corrected chi connectivity index (χ0v) is 9.30. The maximum Gasteiger partial charge on any atom is 0.265 e. The number of H-pyrrole nitrogens is 1. The summed E-state index contributed by atoms with van der Waals surface area (Å²) < 4.78 is 0.533. The van der Waals surface area contributed by atoms with Crippen LogP contribution in [0.25, 0.3) is 0 Å². The molecule has 1 aromatic rings. The van der Waals surface area contributed by atoms with Crippen molar-refractivity contribution in [2.45, 2.75) is 24.7 Å². The Hall–Kier alpha value is -0.680. The van der Waals surface area contributed by atoms with Crippen LogP contribution < -0.4 is 11.3 Å². The van der Waals surface area contributed by atoms with Crippen molar-refractivity contribution < 1.29 is 0 Å². The van der Waals surface area contributed by atoms with Crippen molar-refractivity contribution >= 4 is 15.9 Å². The fourth-order valence-electron chi connectivity index (χ4n) is 1.89. The number of aromatic amines is 1. The normalized spacial score (nSPS) is 19.0. The molecule has 0 spiro atoms. The highest BCUT2D eigenvalue weighted by atomic mass is 79.9. The smallest absolute Gasteiger partial charge is 0.265 e. The quantitative estimate of drug-likeness (QED) is 0.828. The van der Waals surface area contributed by atoms with Crippen LogP contribution in [0.3, 0.4) is 0 Å². The Morgan fingerprint density at radius 1 is 1.64 bits per heavy atom. The molecule has 76 valence electrons. The van der Waals surface area contributed by atoms with Gasteiger partial charge in [-0.25, -0.2) is 4.98 Å². The molecule has 1 saturated carbocycles. The Labute approximate surface area is 90.1 Å². The molecule has 0 aliphatic heterocycles. The Kier molecular flexibility index (Phi) is 2.45. The molecule has 0 bridgehead atoms. The molecule has 14 heavy (non-hydrogen) atoms. The van der Waals surface area contributed by atoms with Crippen LogP contribution in [0.2, 0.25) is 0 Å². The molecule has 4 nitrogen and oxygen atoms in total. The van der Waals surface area contributed by atoms with E-state index in [1.807, 2.05) is 0 Å². The number of nitrogens with one attached hydrogen (secondary N) is 1. The van der Waals surface area contributed by atoms with Gasteiger partial charge < -0.3 is 10.7 Å². The van der Waals surface area contributed by atoms with Crippen molar-refractivity contribution in [2.24, 2.45) is 5.73 Å². The van der Waals surface area contributed by atoms with E-state index in [1.165, 1.54) is 6.33 Å². The van der Waals surface area contributed by atoms with Crippen LogP contribution in [0.4, 0.5) is 0 Å². The summed E-state index contributed by atoms with van der Waals surface area (Å²) in [6.45, 7) is 0.558. The molecule has 1 fully saturated rings. The number of halogens is 1. The first-order valence-electron chi connectivity index (χ1n) is 4.63. The van der Waals surface area contributed by atoms with E-state index < -0.39 is 0 Å². The molecular formula is C9H12BrN3O. The van der Waals surface area contributed by atoms with Gasteiger partial charge in [0.1, 0.15) is 4.47 Å². The van der Waals surface area contributed by atoms with Crippen molar-refractivity contribution in [1.82, 2.24) is 9.97 Å². The summed E-state index contributed by atoms with van der Waals surface area (Å²) in [4.78, 5) is 18.1. The van der Waals surface area contributed by atoms with Gasteiger partial charge in [-0.3, -0.25) is 4.79 Å². The highest BCUT2D eigenvalue weighted by Gasteiger charge is 2.40. The van der Waals surface area contributed by atoms with Gasteiger partial charge in [-0.05, 0) is 28.8 Å². The zero-order chi connectivity index (χ0) is 10.2. The highest BCUT2D eigenvalue weighted by Crippen LogP contribution is 2.43. The summed E-state index contributed by atoms with van der Waals surface area (Å²) in [5.41, 5.74) is 6.37. The topological polar surface area (TPSA) is 71.8 Å². The van der Waals surface area contributed by atoms with E-state index in [0.717, 1.165) is 25.0 Å². The monoisotopic (exact) mass is 257 g/mol. The molecule has 1 aliphatic rings. The summed E-state index contributed by atoms with van der Waals surface area (Å²) in [6, 6.07) is 0. The number of hydrogen-bond acceptors (Lipinski definition) is 3. The lowest BCUT2D eigenvalue weighted by molar-refractivity contribution is 0.244. The minimum Gasteiger partial charge on any atom is -0.330 e. The fourth-order valence-corrected chi connectivity index (χ4v) is 2.53. The molecule has 5 heteroatoms. The van der Waals surface area contributed by atoms with Crippen LogP contribution in [0, 0.1) is 0 Å². The first-order chi connectivity index (χ1) is 6.69. The maximum atomic E-state index is 11.4. The average molecular weight is 258 g/mol. The summed E-state index contributed by atoms with van der Waals surface area (Å²) in [6.07, 6.45) is 4.66. The van der Waals surface area contributed by atoms with E-state index in [9.17, 15) is 4.79 Å². The van der Waals surface area contributed by atoms with E-state index in [4.69, 9.17) is 5.73 Å². The molecule has 1 aromatic heterocycles. The SMILES string of the molecule is NCC1(c2nc[nH]c(=O)c2Br)CCC1. The predicted octanol–water partition coefficient (Wildman–Crippen LogP) is 0.913. The third-order valence-corrected chi connectivity index (χ3v) is 3.74. The molecular weight excluding hydrogens is 246 g/mol. The third kappa shape index (κ3) is 1.31. The van der Waals surface area contributed by atoms with Gasteiger partial charge in [0, 0.05) is 12.0 Å². The second-order valence-corrected chi connectivity index (χ2v) is 4.53. The van der Waals surface area contributed by atoms with Crippen LogP contribution in [0.15, 0.2) is 15.6 Å². The average Bonchev–Trinajstić information content (AvgIpc) is 2.11. The summed E-state index contributed by atoms with van der Waals surface area (Å²) in [7, 11) is 0. The predicted molar refractivity (Wildman–Crippen MR) is 57.1 cm³/mol. The molecule has 0 radical (unpaired) electrons. The number of nitrogens with zero attached hydrogens (tertiary/aromatic N) is 1. The summed E-state index contributed by atoms with van der Waals surface area (Å²) in [5, 5.41) is 0. The molecule has 1 heterocycles. The lowest BCUT2D eigenvalue weighted by atomic mass is 9.66. The van der Waals surface area contributed by atoms with Crippen LogP contribution in [-0.4, -0.2) is 16.5 Å². The molecule has 1 aliphatic carbocycles. The van der Waals surface area contributed by atoms with E-state index >= 15 is 0 Å². The molecule has 3 N–H and O–H groups in total. The van der Waals surface area contributed by atoms with Crippen LogP contribution >= 0.6 is 15.9 Å². The van der Waals surface area contributed by atoms with E-state index in [-0.39, 0.29) is 11.0 Å². The lowest BCUT2D eigenvalue weighted by Crippen LogP contribution is -2.43. The van der Waals surface area contributed by atoms with Crippen molar-refractivity contribution in [1.29, 1.82) is 0 Å². The van der Waals surface area contributed by atoms with Crippen molar-refractivity contribution in [3.63, 3.8) is 0 Å². The summed E-state index contributed by atoms with van der Waals surface area (Å²) in [5.74, 6) is 0. The van der Waals surface area contributed by atoms with Gasteiger partial charge in [0.05, 0.1) is 12.0 Å². The first kappa shape index (κ1) is 9.86. The van der Waals surface area contributed by atoms with Crippen LogP contribution in [-0.2, 0) is 5.41 Å². The Bertz CT molecular complexity index is 392. The Morgan fingerprint density at radius 3 is 2.86 bits per heavy atom. The van der Waals surface area contributed by atoms with Crippen LogP contribution in [0.5, 0.6) is 0 Å². The van der Waals surface area contributed by atoms with E-state index in [2.05, 4.69) is 25.9 Å². The molecule has 0 atom stereocenters. The third-order valence-electron chi connectivity index (χ3n) is 3.00. The van der Waals surface area contributed by atoms with Crippen LogP contribution in [0.1, 0.15) is 25.0 Å². The second kappa shape index (κ2) is 3.47. The molecule has 0 amide bonds. The van der Waals surface area contributed by atoms with Gasteiger partial charge >= 0.3 is 0 Å². The summed E-state index contributed by atoms with van der Waals surface area (Å²) >= 11 is 3.27. The Morgan fingerprint density at radius 2 is 2.36 bits per heavy atom.